The largest absolute Gasteiger partial charge is 0.466 e. The van der Waals surface area contributed by atoms with Crippen LogP contribution in [0.5, 0.6) is 0 Å². The first-order chi connectivity index (χ1) is 15.5. The van der Waals surface area contributed by atoms with Crippen LogP contribution < -0.4 is 5.32 Å². The molecule has 2 amide bonds. The van der Waals surface area contributed by atoms with Gasteiger partial charge in [0.2, 0.25) is 0 Å². The van der Waals surface area contributed by atoms with Crippen molar-refractivity contribution in [3.63, 3.8) is 0 Å². The van der Waals surface area contributed by atoms with Gasteiger partial charge in [0.25, 0.3) is 0 Å². The molecule has 1 aromatic heterocycles. The first kappa shape index (κ1) is 24.0. The summed E-state index contributed by atoms with van der Waals surface area (Å²) in [4.78, 5) is 41.9. The molecule has 174 valence electrons. The molecule has 1 atom stereocenters. The van der Waals surface area contributed by atoms with Crippen molar-refractivity contribution < 1.29 is 23.9 Å². The zero-order chi connectivity index (χ0) is 23.1. The molecular formula is C23H31N3O5S. The van der Waals surface area contributed by atoms with Gasteiger partial charge in [0.05, 0.1) is 30.7 Å². The van der Waals surface area contributed by atoms with Crippen molar-refractivity contribution in [2.24, 2.45) is 5.92 Å². The summed E-state index contributed by atoms with van der Waals surface area (Å²) in [5.74, 6) is -0.696. The van der Waals surface area contributed by atoms with E-state index in [1.165, 1.54) is 11.3 Å². The number of nitrogens with zero attached hydrogens (tertiary/aromatic N) is 2. The summed E-state index contributed by atoms with van der Waals surface area (Å²) in [6, 6.07) is 1.06. The van der Waals surface area contributed by atoms with E-state index in [4.69, 9.17) is 9.47 Å². The Kier molecular flexibility index (Phi) is 8.46. The van der Waals surface area contributed by atoms with E-state index in [1.807, 2.05) is 23.8 Å². The van der Waals surface area contributed by atoms with Gasteiger partial charge in [0.1, 0.15) is 0 Å². The van der Waals surface area contributed by atoms with Crippen molar-refractivity contribution in [2.45, 2.75) is 32.7 Å². The van der Waals surface area contributed by atoms with E-state index >= 15 is 0 Å². The molecule has 2 aliphatic rings. The molecule has 1 saturated heterocycles. The summed E-state index contributed by atoms with van der Waals surface area (Å²) in [5.41, 5.74) is 1.92. The number of thiophene rings is 1. The van der Waals surface area contributed by atoms with E-state index in [1.54, 1.807) is 17.9 Å². The zero-order valence-corrected chi connectivity index (χ0v) is 19.5. The molecule has 1 aromatic rings. The summed E-state index contributed by atoms with van der Waals surface area (Å²) in [6.45, 7) is 10.0. The van der Waals surface area contributed by atoms with Gasteiger partial charge in [-0.25, -0.2) is 9.59 Å². The highest BCUT2D eigenvalue weighted by Crippen LogP contribution is 2.33. The maximum Gasteiger partial charge on any atom is 0.338 e. The van der Waals surface area contributed by atoms with Crippen molar-refractivity contribution in [3.05, 3.63) is 46.3 Å². The van der Waals surface area contributed by atoms with Gasteiger partial charge < -0.3 is 14.8 Å². The van der Waals surface area contributed by atoms with Gasteiger partial charge in [-0.2, -0.15) is 11.3 Å². The second kappa shape index (κ2) is 11.3. The van der Waals surface area contributed by atoms with Crippen molar-refractivity contribution in [2.75, 3.05) is 39.4 Å². The average Bonchev–Trinajstić information content (AvgIpc) is 3.31. The Morgan fingerprint density at radius 2 is 1.97 bits per heavy atom. The van der Waals surface area contributed by atoms with Gasteiger partial charge in [0, 0.05) is 18.8 Å². The minimum Gasteiger partial charge on any atom is -0.466 e. The summed E-state index contributed by atoms with van der Waals surface area (Å²) >= 11 is 1.51. The predicted octanol–water partition coefficient (Wildman–Crippen LogP) is 3.09. The van der Waals surface area contributed by atoms with Crippen molar-refractivity contribution in [3.8, 4) is 0 Å². The topological polar surface area (TPSA) is 88.2 Å². The predicted molar refractivity (Wildman–Crippen MR) is 122 cm³/mol. The maximum atomic E-state index is 13.1. The maximum absolute atomic E-state index is 13.1. The van der Waals surface area contributed by atoms with Crippen LogP contribution in [0.3, 0.4) is 0 Å². The lowest BCUT2D eigenvalue weighted by atomic mass is 9.94. The van der Waals surface area contributed by atoms with Crippen molar-refractivity contribution in [1.82, 2.24) is 15.1 Å². The number of piperidine rings is 1. The third-order valence-electron chi connectivity index (χ3n) is 5.70. The molecule has 3 heterocycles. The van der Waals surface area contributed by atoms with E-state index in [0.29, 0.717) is 50.4 Å². The molecule has 3 rings (SSSR count). The second-order valence-corrected chi connectivity index (χ2v) is 8.50. The van der Waals surface area contributed by atoms with Gasteiger partial charge in [0.15, 0.2) is 0 Å². The number of amides is 2. The summed E-state index contributed by atoms with van der Waals surface area (Å²) in [6.07, 6.45) is 3.01. The van der Waals surface area contributed by atoms with Crippen LogP contribution in [0.2, 0.25) is 0 Å². The highest BCUT2D eigenvalue weighted by atomic mass is 32.1. The third kappa shape index (κ3) is 5.39. The number of esters is 2. The average molecular weight is 462 g/mol. The Balaban J connectivity index is 1.91. The summed E-state index contributed by atoms with van der Waals surface area (Å²) < 4.78 is 10.6. The number of carbonyl (C=O) groups is 3. The zero-order valence-electron chi connectivity index (χ0n) is 18.7. The van der Waals surface area contributed by atoms with Crippen LogP contribution >= 0.6 is 11.3 Å². The van der Waals surface area contributed by atoms with Gasteiger partial charge >= 0.3 is 18.0 Å². The van der Waals surface area contributed by atoms with E-state index in [2.05, 4.69) is 16.8 Å². The van der Waals surface area contributed by atoms with Crippen LogP contribution in [0.1, 0.15) is 38.3 Å². The number of hydrogen-bond acceptors (Lipinski definition) is 7. The summed E-state index contributed by atoms with van der Waals surface area (Å²) in [5, 5.41) is 6.80. The molecule has 1 fully saturated rings. The van der Waals surface area contributed by atoms with Crippen LogP contribution in [-0.2, 0) is 19.1 Å². The smallest absolute Gasteiger partial charge is 0.338 e. The standard InChI is InChI=1S/C23H31N3O5S/c1-4-10-26-18(14-25-11-7-16(8-12-25)21(27)30-5-2)19(22(28)31-6-3)20(24-23(26)29)17-9-13-32-15-17/h4,9,13,15-16,20H,1,5-8,10-12,14H2,2-3H3,(H,24,29)/t20-/m0/s1. The van der Waals surface area contributed by atoms with E-state index < -0.39 is 12.0 Å². The van der Waals surface area contributed by atoms with Crippen LogP contribution in [0.15, 0.2) is 40.8 Å². The Morgan fingerprint density at radius 3 is 2.56 bits per heavy atom. The fourth-order valence-corrected chi connectivity index (χ4v) is 4.82. The Hall–Kier alpha value is -2.65. The molecule has 0 saturated carbocycles. The van der Waals surface area contributed by atoms with Gasteiger partial charge in [-0.1, -0.05) is 6.08 Å². The van der Waals surface area contributed by atoms with Crippen molar-refractivity contribution >= 4 is 29.3 Å². The Morgan fingerprint density at radius 1 is 1.25 bits per heavy atom. The van der Waals surface area contributed by atoms with Crippen molar-refractivity contribution in [1.29, 1.82) is 0 Å². The number of rotatable bonds is 9. The third-order valence-corrected chi connectivity index (χ3v) is 6.40. The first-order valence-electron chi connectivity index (χ1n) is 11.0. The summed E-state index contributed by atoms with van der Waals surface area (Å²) in [7, 11) is 0. The van der Waals surface area contributed by atoms with Gasteiger partial charge in [-0.05, 0) is 62.2 Å². The van der Waals surface area contributed by atoms with Gasteiger partial charge in [-0.3, -0.25) is 14.6 Å². The lowest BCUT2D eigenvalue weighted by Gasteiger charge is -2.39. The van der Waals surface area contributed by atoms with Crippen LogP contribution in [0.4, 0.5) is 4.79 Å². The number of likely N-dealkylation sites (tertiary alicyclic amines) is 1. The molecular weight excluding hydrogens is 430 g/mol. The normalized spacial score (nSPS) is 20.1. The molecule has 0 radical (unpaired) electrons. The van der Waals surface area contributed by atoms with E-state index in [-0.39, 0.29) is 31.1 Å². The number of hydrogen-bond donors (Lipinski definition) is 1. The highest BCUT2D eigenvalue weighted by molar-refractivity contribution is 7.08. The molecule has 2 aliphatic heterocycles. The minimum atomic E-state index is -0.569. The fourth-order valence-electron chi connectivity index (χ4n) is 4.13. The number of carbonyl (C=O) groups excluding carboxylic acids is 3. The molecule has 32 heavy (non-hydrogen) atoms. The molecule has 0 unspecified atom stereocenters. The SMILES string of the molecule is C=CCN1C(=O)N[C@@H](c2ccsc2)C(C(=O)OCC)=C1CN1CCC(C(=O)OCC)CC1. The first-order valence-corrected chi connectivity index (χ1v) is 11.9. The molecule has 9 heteroatoms. The molecule has 0 spiro atoms. The molecule has 1 N–H and O–H groups in total. The molecule has 0 aliphatic carbocycles. The molecule has 8 nitrogen and oxygen atoms in total. The fraction of sp³-hybridized carbons (Fsp3) is 0.522. The Labute approximate surface area is 192 Å². The lowest BCUT2D eigenvalue weighted by Crippen LogP contribution is -2.51. The minimum absolute atomic E-state index is 0.109. The van der Waals surface area contributed by atoms with Crippen LogP contribution in [0.25, 0.3) is 0 Å². The van der Waals surface area contributed by atoms with Crippen LogP contribution in [0, 0.1) is 5.92 Å². The Bertz CT molecular complexity index is 859. The van der Waals surface area contributed by atoms with Gasteiger partial charge in [-0.15, -0.1) is 6.58 Å². The lowest BCUT2D eigenvalue weighted by molar-refractivity contribution is -0.149. The number of ether oxygens (including phenoxy) is 2. The number of nitrogens with one attached hydrogen (secondary N) is 1. The molecule has 0 aromatic carbocycles. The number of urea groups is 1. The quantitative estimate of drug-likeness (QED) is 0.449. The highest BCUT2D eigenvalue weighted by Gasteiger charge is 2.39. The van der Waals surface area contributed by atoms with Crippen LogP contribution in [-0.4, -0.2) is 67.2 Å². The van der Waals surface area contributed by atoms with E-state index in [0.717, 1.165) is 5.56 Å². The molecule has 0 bridgehead atoms. The second-order valence-electron chi connectivity index (χ2n) is 7.72. The van der Waals surface area contributed by atoms with E-state index in [9.17, 15) is 14.4 Å². The monoisotopic (exact) mass is 461 g/mol.